The van der Waals surface area contributed by atoms with Crippen LogP contribution in [0.1, 0.15) is 13.8 Å². The average Bonchev–Trinajstić information content (AvgIpc) is 2.52. The van der Waals surface area contributed by atoms with E-state index in [9.17, 15) is 4.39 Å². The van der Waals surface area contributed by atoms with Gasteiger partial charge < -0.3 is 10.5 Å². The van der Waals surface area contributed by atoms with Gasteiger partial charge in [-0.25, -0.2) is 14.4 Å². The van der Waals surface area contributed by atoms with E-state index in [-0.39, 0.29) is 11.8 Å². The van der Waals surface area contributed by atoms with E-state index < -0.39 is 0 Å². The molecule has 23 heavy (non-hydrogen) atoms. The Morgan fingerprint density at radius 3 is 2.70 bits per heavy atom. The fraction of sp³-hybridized carbons (Fsp3) is 0.235. The lowest BCUT2D eigenvalue weighted by Gasteiger charge is -2.11. The van der Waals surface area contributed by atoms with E-state index in [1.807, 2.05) is 13.8 Å². The minimum Gasteiger partial charge on any atom is -0.476 e. The maximum atomic E-state index is 13.4. The number of ether oxygens (including phenoxy) is 1. The lowest BCUT2D eigenvalue weighted by Crippen LogP contribution is -2.08. The molecule has 3 aromatic rings. The predicted molar refractivity (Wildman–Crippen MR) is 87.5 cm³/mol. The van der Waals surface area contributed by atoms with Gasteiger partial charge in [0.1, 0.15) is 5.82 Å². The first-order valence-electron chi connectivity index (χ1n) is 7.36. The fourth-order valence-corrected chi connectivity index (χ4v) is 2.16. The molecule has 2 N–H and O–H groups in total. The molecule has 0 radical (unpaired) electrons. The first kappa shape index (κ1) is 15.1. The second-order valence-electron chi connectivity index (χ2n) is 5.67. The van der Waals surface area contributed by atoms with Gasteiger partial charge in [-0.3, -0.25) is 0 Å². The molecule has 0 unspecified atom stereocenters. The Hall–Kier alpha value is -2.76. The molecule has 3 rings (SSSR count). The van der Waals surface area contributed by atoms with Crippen LogP contribution >= 0.6 is 0 Å². The molecule has 0 spiro atoms. The van der Waals surface area contributed by atoms with E-state index in [2.05, 4.69) is 15.0 Å². The summed E-state index contributed by atoms with van der Waals surface area (Å²) in [5.41, 5.74) is 8.13. The van der Waals surface area contributed by atoms with Gasteiger partial charge in [0.2, 0.25) is 11.8 Å². The molecule has 2 heterocycles. The normalized spacial score (nSPS) is 11.1. The van der Waals surface area contributed by atoms with Crippen LogP contribution in [0.3, 0.4) is 0 Å². The van der Waals surface area contributed by atoms with Crippen LogP contribution < -0.4 is 10.5 Å². The molecule has 0 aliphatic carbocycles. The molecule has 1 aromatic carbocycles. The van der Waals surface area contributed by atoms with E-state index in [0.717, 1.165) is 0 Å². The van der Waals surface area contributed by atoms with Crippen LogP contribution in [-0.2, 0) is 0 Å². The second-order valence-corrected chi connectivity index (χ2v) is 5.67. The van der Waals surface area contributed by atoms with E-state index in [1.165, 1.54) is 12.1 Å². The first-order chi connectivity index (χ1) is 11.0. The topological polar surface area (TPSA) is 73.9 Å². The van der Waals surface area contributed by atoms with Crippen molar-refractivity contribution in [2.45, 2.75) is 13.8 Å². The van der Waals surface area contributed by atoms with Crippen molar-refractivity contribution in [3.8, 4) is 17.1 Å². The molecule has 0 bridgehead atoms. The predicted octanol–water partition coefficient (Wildman–Crippen LogP) is 3.45. The number of nitrogen functional groups attached to an aromatic ring is 1. The number of aromatic nitrogens is 3. The van der Waals surface area contributed by atoms with E-state index in [4.69, 9.17) is 10.5 Å². The summed E-state index contributed by atoms with van der Waals surface area (Å²) in [5.74, 6) is 0.512. The van der Waals surface area contributed by atoms with Crippen LogP contribution in [0.25, 0.3) is 22.3 Å². The molecule has 5 nitrogen and oxygen atoms in total. The third kappa shape index (κ3) is 3.36. The summed E-state index contributed by atoms with van der Waals surface area (Å²) in [4.78, 5) is 12.8. The molecule has 0 atom stereocenters. The Balaban J connectivity index is 2.10. The number of halogens is 1. The number of benzene rings is 1. The van der Waals surface area contributed by atoms with Crippen molar-refractivity contribution in [3.05, 3.63) is 42.2 Å². The lowest BCUT2D eigenvalue weighted by molar-refractivity contribution is 0.264. The highest BCUT2D eigenvalue weighted by molar-refractivity contribution is 5.83. The van der Waals surface area contributed by atoms with Gasteiger partial charge in [-0.05, 0) is 30.2 Å². The highest BCUT2D eigenvalue weighted by Crippen LogP contribution is 2.26. The Morgan fingerprint density at radius 2 is 1.96 bits per heavy atom. The molecule has 0 amide bonds. The van der Waals surface area contributed by atoms with Gasteiger partial charge in [-0.2, -0.15) is 4.98 Å². The Bertz CT molecular complexity index is 851. The monoisotopic (exact) mass is 312 g/mol. The van der Waals surface area contributed by atoms with Gasteiger partial charge in [0.15, 0.2) is 5.52 Å². The quantitative estimate of drug-likeness (QED) is 0.798. The van der Waals surface area contributed by atoms with Crippen LogP contribution in [0.2, 0.25) is 0 Å². The number of hydrogen-bond donors (Lipinski definition) is 1. The Kier molecular flexibility index (Phi) is 4.06. The van der Waals surface area contributed by atoms with Crippen LogP contribution in [0, 0.1) is 11.7 Å². The zero-order valence-electron chi connectivity index (χ0n) is 13.0. The van der Waals surface area contributed by atoms with Crippen molar-refractivity contribution in [1.82, 2.24) is 15.0 Å². The number of rotatable bonds is 4. The zero-order valence-corrected chi connectivity index (χ0v) is 13.0. The molecular formula is C17H17FN4O. The Labute approximate surface area is 133 Å². The molecule has 0 aliphatic heterocycles. The van der Waals surface area contributed by atoms with Gasteiger partial charge in [0, 0.05) is 5.56 Å². The van der Waals surface area contributed by atoms with Crippen molar-refractivity contribution >= 4 is 17.0 Å². The molecule has 118 valence electrons. The van der Waals surface area contributed by atoms with Crippen LogP contribution in [-0.4, -0.2) is 21.6 Å². The zero-order chi connectivity index (χ0) is 16.4. The standard InChI is InChI=1S/C17H17FN4O/c1-10(2)9-23-16-15-14(21-17(19)22-16)7-6-13(20-15)11-4-3-5-12(18)8-11/h3-8,10H,9H2,1-2H3,(H2,19,21,22). The Morgan fingerprint density at radius 1 is 1.13 bits per heavy atom. The highest BCUT2D eigenvalue weighted by Gasteiger charge is 2.12. The van der Waals surface area contributed by atoms with Crippen molar-refractivity contribution in [1.29, 1.82) is 0 Å². The molecule has 2 aromatic heterocycles. The minimum atomic E-state index is -0.311. The number of pyridine rings is 1. The number of fused-ring (bicyclic) bond motifs is 1. The summed E-state index contributed by atoms with van der Waals surface area (Å²) in [6.45, 7) is 4.58. The highest BCUT2D eigenvalue weighted by atomic mass is 19.1. The third-order valence-corrected chi connectivity index (χ3v) is 3.20. The number of anilines is 1. The number of nitrogens with two attached hydrogens (primary N) is 1. The maximum absolute atomic E-state index is 13.4. The van der Waals surface area contributed by atoms with Gasteiger partial charge in [0.05, 0.1) is 17.8 Å². The molecule has 0 aliphatic rings. The van der Waals surface area contributed by atoms with Gasteiger partial charge >= 0.3 is 0 Å². The molecule has 6 heteroatoms. The number of hydrogen-bond acceptors (Lipinski definition) is 5. The first-order valence-corrected chi connectivity index (χ1v) is 7.36. The second kappa shape index (κ2) is 6.16. The summed E-state index contributed by atoms with van der Waals surface area (Å²) in [7, 11) is 0. The SMILES string of the molecule is CC(C)COc1nc(N)nc2ccc(-c3cccc(F)c3)nc12. The summed E-state index contributed by atoms with van der Waals surface area (Å²) >= 11 is 0. The van der Waals surface area contributed by atoms with Gasteiger partial charge in [-0.15, -0.1) is 0 Å². The fourth-order valence-electron chi connectivity index (χ4n) is 2.16. The van der Waals surface area contributed by atoms with E-state index >= 15 is 0 Å². The molecule has 0 saturated carbocycles. The lowest BCUT2D eigenvalue weighted by atomic mass is 10.1. The third-order valence-electron chi connectivity index (χ3n) is 3.20. The molecule has 0 fully saturated rings. The summed E-state index contributed by atoms with van der Waals surface area (Å²) in [6.07, 6.45) is 0. The van der Waals surface area contributed by atoms with E-state index in [1.54, 1.807) is 24.3 Å². The largest absolute Gasteiger partial charge is 0.476 e. The van der Waals surface area contributed by atoms with Crippen LogP contribution in [0.15, 0.2) is 36.4 Å². The van der Waals surface area contributed by atoms with Crippen molar-refractivity contribution in [2.24, 2.45) is 5.92 Å². The average molecular weight is 312 g/mol. The van der Waals surface area contributed by atoms with Crippen molar-refractivity contribution in [2.75, 3.05) is 12.3 Å². The smallest absolute Gasteiger partial charge is 0.245 e. The number of nitrogens with zero attached hydrogens (tertiary/aromatic N) is 3. The minimum absolute atomic E-state index is 0.136. The van der Waals surface area contributed by atoms with Crippen LogP contribution in [0.5, 0.6) is 5.88 Å². The van der Waals surface area contributed by atoms with E-state index in [0.29, 0.717) is 40.7 Å². The van der Waals surface area contributed by atoms with Gasteiger partial charge in [-0.1, -0.05) is 26.0 Å². The maximum Gasteiger partial charge on any atom is 0.245 e. The summed E-state index contributed by atoms with van der Waals surface area (Å²) < 4.78 is 19.1. The van der Waals surface area contributed by atoms with Crippen LogP contribution in [0.4, 0.5) is 10.3 Å². The molecular weight excluding hydrogens is 295 g/mol. The van der Waals surface area contributed by atoms with Crippen molar-refractivity contribution in [3.63, 3.8) is 0 Å². The summed E-state index contributed by atoms with van der Waals surface area (Å²) in [6, 6.07) is 9.82. The molecule has 0 saturated heterocycles. The summed E-state index contributed by atoms with van der Waals surface area (Å²) in [5, 5.41) is 0. The van der Waals surface area contributed by atoms with Crippen molar-refractivity contribution < 1.29 is 9.13 Å². The van der Waals surface area contributed by atoms with Gasteiger partial charge in [0.25, 0.3) is 0 Å².